The minimum Gasteiger partial charge on any atom is -0.314 e. The molecule has 5 heteroatoms. The molecule has 18 heavy (non-hydrogen) atoms. The molecule has 104 valence electrons. The molecule has 0 bridgehead atoms. The first-order valence-corrected chi connectivity index (χ1v) is 6.27. The average molecular weight is 312 g/mol. The molecule has 1 saturated heterocycles. The SMILES string of the molecule is Cc1cc(Cl)ccc1[C@@H](C)N1CCNCC1.Cl.Cl. The van der Waals surface area contributed by atoms with Crippen LogP contribution in [0.25, 0.3) is 0 Å². The first-order valence-electron chi connectivity index (χ1n) is 5.89. The van der Waals surface area contributed by atoms with Crippen molar-refractivity contribution in [1.29, 1.82) is 0 Å². The smallest absolute Gasteiger partial charge is 0.0408 e. The van der Waals surface area contributed by atoms with E-state index in [0.29, 0.717) is 6.04 Å². The van der Waals surface area contributed by atoms with Gasteiger partial charge in [-0.1, -0.05) is 17.7 Å². The number of hydrogen-bond acceptors (Lipinski definition) is 2. The molecule has 1 atom stereocenters. The van der Waals surface area contributed by atoms with Crippen LogP contribution in [0.4, 0.5) is 0 Å². The largest absolute Gasteiger partial charge is 0.314 e. The molecule has 0 radical (unpaired) electrons. The van der Waals surface area contributed by atoms with Crippen molar-refractivity contribution in [3.63, 3.8) is 0 Å². The van der Waals surface area contributed by atoms with E-state index in [-0.39, 0.29) is 24.8 Å². The summed E-state index contributed by atoms with van der Waals surface area (Å²) in [6.45, 7) is 8.86. The summed E-state index contributed by atoms with van der Waals surface area (Å²) in [5.74, 6) is 0. The van der Waals surface area contributed by atoms with E-state index in [1.165, 1.54) is 11.1 Å². The maximum atomic E-state index is 5.98. The van der Waals surface area contributed by atoms with Gasteiger partial charge in [-0.25, -0.2) is 0 Å². The summed E-state index contributed by atoms with van der Waals surface area (Å²) in [5, 5.41) is 4.21. The number of piperazine rings is 1. The lowest BCUT2D eigenvalue weighted by atomic mass is 10.0. The van der Waals surface area contributed by atoms with Gasteiger partial charge >= 0.3 is 0 Å². The number of halogens is 3. The molecule has 1 aliphatic heterocycles. The lowest BCUT2D eigenvalue weighted by Crippen LogP contribution is -2.44. The third-order valence-corrected chi connectivity index (χ3v) is 3.62. The average Bonchev–Trinajstić information content (AvgIpc) is 2.29. The first-order chi connectivity index (χ1) is 7.68. The molecule has 2 rings (SSSR count). The van der Waals surface area contributed by atoms with E-state index in [1.54, 1.807) is 0 Å². The molecule has 1 aliphatic rings. The Morgan fingerprint density at radius 3 is 2.39 bits per heavy atom. The molecular weight excluding hydrogens is 291 g/mol. The zero-order valence-corrected chi connectivity index (χ0v) is 13.2. The van der Waals surface area contributed by atoms with Gasteiger partial charge in [-0.15, -0.1) is 24.8 Å². The Hall–Kier alpha value is 0.01000. The fourth-order valence-corrected chi connectivity index (χ4v) is 2.60. The van der Waals surface area contributed by atoms with E-state index in [4.69, 9.17) is 11.6 Å². The van der Waals surface area contributed by atoms with Crippen molar-refractivity contribution in [2.75, 3.05) is 26.2 Å². The lowest BCUT2D eigenvalue weighted by Gasteiger charge is -2.33. The Morgan fingerprint density at radius 1 is 1.22 bits per heavy atom. The summed E-state index contributed by atoms with van der Waals surface area (Å²) >= 11 is 5.98. The number of rotatable bonds is 2. The Balaban J connectivity index is 0.00000144. The maximum absolute atomic E-state index is 5.98. The molecule has 1 heterocycles. The molecule has 2 nitrogen and oxygen atoms in total. The van der Waals surface area contributed by atoms with Gasteiger partial charge in [-0.3, -0.25) is 4.90 Å². The number of benzene rings is 1. The van der Waals surface area contributed by atoms with E-state index in [2.05, 4.69) is 36.2 Å². The van der Waals surface area contributed by atoms with Gasteiger partial charge in [0.25, 0.3) is 0 Å². The third-order valence-electron chi connectivity index (χ3n) is 3.38. The van der Waals surface area contributed by atoms with Crippen molar-refractivity contribution in [3.05, 3.63) is 34.3 Å². The second-order valence-electron chi connectivity index (χ2n) is 4.46. The van der Waals surface area contributed by atoms with E-state index in [0.717, 1.165) is 31.2 Å². The molecule has 0 aromatic heterocycles. The van der Waals surface area contributed by atoms with Crippen molar-refractivity contribution >= 4 is 36.4 Å². The Labute approximate surface area is 127 Å². The van der Waals surface area contributed by atoms with Crippen LogP contribution in [-0.2, 0) is 0 Å². The lowest BCUT2D eigenvalue weighted by molar-refractivity contribution is 0.185. The highest BCUT2D eigenvalue weighted by Crippen LogP contribution is 2.25. The summed E-state index contributed by atoms with van der Waals surface area (Å²) in [5.41, 5.74) is 2.69. The fraction of sp³-hybridized carbons (Fsp3) is 0.538. The maximum Gasteiger partial charge on any atom is 0.0408 e. The Kier molecular flexibility index (Phi) is 8.24. The summed E-state index contributed by atoms with van der Waals surface area (Å²) in [6, 6.07) is 6.68. The van der Waals surface area contributed by atoms with Crippen LogP contribution >= 0.6 is 36.4 Å². The standard InChI is InChI=1S/C13H19ClN2.2ClH/c1-10-9-12(14)3-4-13(10)11(2)16-7-5-15-6-8-16;;/h3-4,9,11,15H,5-8H2,1-2H3;2*1H/t11-;;/m1../s1. The van der Waals surface area contributed by atoms with E-state index >= 15 is 0 Å². The van der Waals surface area contributed by atoms with E-state index in [9.17, 15) is 0 Å². The molecule has 0 saturated carbocycles. The van der Waals surface area contributed by atoms with Crippen LogP contribution in [0.3, 0.4) is 0 Å². The molecule has 0 amide bonds. The highest BCUT2D eigenvalue weighted by Gasteiger charge is 2.18. The van der Waals surface area contributed by atoms with E-state index < -0.39 is 0 Å². The van der Waals surface area contributed by atoms with Gasteiger partial charge in [0.15, 0.2) is 0 Å². The van der Waals surface area contributed by atoms with Crippen molar-refractivity contribution in [2.24, 2.45) is 0 Å². The quantitative estimate of drug-likeness (QED) is 0.900. The monoisotopic (exact) mass is 310 g/mol. The fourth-order valence-electron chi connectivity index (χ4n) is 2.37. The molecule has 1 N–H and O–H groups in total. The topological polar surface area (TPSA) is 15.3 Å². The first kappa shape index (κ1) is 18.0. The van der Waals surface area contributed by atoms with Crippen molar-refractivity contribution in [1.82, 2.24) is 10.2 Å². The minimum atomic E-state index is 0. The molecule has 0 unspecified atom stereocenters. The molecule has 0 spiro atoms. The number of hydrogen-bond donors (Lipinski definition) is 1. The van der Waals surface area contributed by atoms with Gasteiger partial charge in [0.05, 0.1) is 0 Å². The van der Waals surface area contributed by atoms with Gasteiger partial charge in [0, 0.05) is 37.2 Å². The van der Waals surface area contributed by atoms with Crippen LogP contribution in [0.1, 0.15) is 24.1 Å². The number of aryl methyl sites for hydroxylation is 1. The highest BCUT2D eigenvalue weighted by molar-refractivity contribution is 6.30. The second-order valence-corrected chi connectivity index (χ2v) is 4.90. The van der Waals surface area contributed by atoms with Gasteiger partial charge in [0.1, 0.15) is 0 Å². The molecular formula is C13H21Cl3N2. The molecule has 1 aromatic rings. The summed E-state index contributed by atoms with van der Waals surface area (Å²) in [7, 11) is 0. The highest BCUT2D eigenvalue weighted by atomic mass is 35.5. The van der Waals surface area contributed by atoms with Crippen LogP contribution in [-0.4, -0.2) is 31.1 Å². The Morgan fingerprint density at radius 2 is 1.83 bits per heavy atom. The zero-order chi connectivity index (χ0) is 11.5. The van der Waals surface area contributed by atoms with Crippen molar-refractivity contribution < 1.29 is 0 Å². The van der Waals surface area contributed by atoms with Crippen LogP contribution in [0.2, 0.25) is 5.02 Å². The van der Waals surface area contributed by atoms with Crippen molar-refractivity contribution in [3.8, 4) is 0 Å². The molecule has 0 aliphatic carbocycles. The van der Waals surface area contributed by atoms with Crippen molar-refractivity contribution in [2.45, 2.75) is 19.9 Å². The third kappa shape index (κ3) is 4.29. The molecule has 1 fully saturated rings. The summed E-state index contributed by atoms with van der Waals surface area (Å²) in [4.78, 5) is 2.52. The predicted octanol–water partition coefficient (Wildman–Crippen LogP) is 3.46. The van der Waals surface area contributed by atoms with Gasteiger partial charge < -0.3 is 5.32 Å². The van der Waals surface area contributed by atoms with E-state index in [1.807, 2.05) is 6.07 Å². The van der Waals surface area contributed by atoms with Gasteiger partial charge in [-0.05, 0) is 37.1 Å². The summed E-state index contributed by atoms with van der Waals surface area (Å²) < 4.78 is 0. The summed E-state index contributed by atoms with van der Waals surface area (Å²) in [6.07, 6.45) is 0. The van der Waals surface area contributed by atoms with Crippen LogP contribution in [0, 0.1) is 6.92 Å². The normalized spacial score (nSPS) is 17.5. The minimum absolute atomic E-state index is 0. The Bertz CT molecular complexity index is 365. The number of nitrogens with one attached hydrogen (secondary N) is 1. The van der Waals surface area contributed by atoms with Gasteiger partial charge in [0.2, 0.25) is 0 Å². The predicted molar refractivity (Wildman–Crippen MR) is 83.5 cm³/mol. The molecule has 1 aromatic carbocycles. The van der Waals surface area contributed by atoms with Crippen LogP contribution in [0.5, 0.6) is 0 Å². The number of nitrogens with zero attached hydrogens (tertiary/aromatic N) is 1. The zero-order valence-electron chi connectivity index (χ0n) is 10.8. The van der Waals surface area contributed by atoms with Gasteiger partial charge in [-0.2, -0.15) is 0 Å². The second kappa shape index (κ2) is 8.23. The van der Waals surface area contributed by atoms with Crippen LogP contribution in [0.15, 0.2) is 18.2 Å². The van der Waals surface area contributed by atoms with Crippen LogP contribution < -0.4 is 5.32 Å².